The van der Waals surface area contributed by atoms with Crippen LogP contribution in [0.3, 0.4) is 0 Å². The summed E-state index contributed by atoms with van der Waals surface area (Å²) in [6, 6.07) is 12.3. The Balaban J connectivity index is 1.72. The first-order valence-corrected chi connectivity index (χ1v) is 8.87. The second-order valence-electron chi connectivity index (χ2n) is 5.42. The minimum absolute atomic E-state index is 0.158. The van der Waals surface area contributed by atoms with Gasteiger partial charge in [0.25, 0.3) is 5.91 Å². The summed E-state index contributed by atoms with van der Waals surface area (Å²) < 4.78 is 5.52. The van der Waals surface area contributed by atoms with Gasteiger partial charge in [0.1, 0.15) is 0 Å². The average molecular weight is 385 g/mol. The summed E-state index contributed by atoms with van der Waals surface area (Å²) in [7, 11) is 1.34. The summed E-state index contributed by atoms with van der Waals surface area (Å²) in [5.41, 5.74) is 2.59. The third kappa shape index (κ3) is 3.87. The third-order valence-electron chi connectivity index (χ3n) is 3.65. The topological polar surface area (TPSA) is 80.3 Å². The van der Waals surface area contributed by atoms with Crippen LogP contribution in [0.5, 0.6) is 0 Å². The first-order chi connectivity index (χ1) is 12.5. The van der Waals surface area contributed by atoms with Gasteiger partial charge in [0.15, 0.2) is 10.2 Å². The molecule has 0 aliphatic heterocycles. The fourth-order valence-electron chi connectivity index (χ4n) is 2.35. The Morgan fingerprint density at radius 2 is 1.96 bits per heavy atom. The van der Waals surface area contributed by atoms with Crippen molar-refractivity contribution in [3.8, 4) is 0 Å². The lowest BCUT2D eigenvalue weighted by Crippen LogP contribution is -2.34. The molecular formula is C18H15N3O3S2. The zero-order valence-electron chi connectivity index (χ0n) is 14.0. The van der Waals surface area contributed by atoms with Gasteiger partial charge >= 0.3 is 5.97 Å². The number of rotatable bonds is 3. The number of hydrogen-bond acceptors (Lipinski definition) is 6. The molecule has 0 unspecified atom stereocenters. The Labute approximate surface area is 159 Å². The van der Waals surface area contributed by atoms with Gasteiger partial charge in [-0.15, -0.1) is 0 Å². The molecule has 26 heavy (non-hydrogen) atoms. The Bertz CT molecular complexity index is 1010. The maximum atomic E-state index is 12.3. The van der Waals surface area contributed by atoms with Crippen LogP contribution in [-0.2, 0) is 4.74 Å². The van der Waals surface area contributed by atoms with Crippen LogP contribution >= 0.6 is 23.6 Å². The second kappa shape index (κ2) is 7.59. The Hall–Kier alpha value is -2.84. The summed E-state index contributed by atoms with van der Waals surface area (Å²) in [4.78, 5) is 28.3. The highest BCUT2D eigenvalue weighted by Crippen LogP contribution is 2.27. The molecule has 0 aliphatic rings. The molecule has 0 saturated carbocycles. The maximum absolute atomic E-state index is 12.3. The van der Waals surface area contributed by atoms with E-state index in [0.717, 1.165) is 15.8 Å². The van der Waals surface area contributed by atoms with Crippen LogP contribution in [0.25, 0.3) is 10.2 Å². The number of carbonyl (C=O) groups is 2. The molecule has 132 valence electrons. The average Bonchev–Trinajstić information content (AvgIpc) is 3.02. The van der Waals surface area contributed by atoms with E-state index in [1.54, 1.807) is 30.3 Å². The number of anilines is 1. The molecule has 1 aromatic heterocycles. The first-order valence-electron chi connectivity index (χ1n) is 7.65. The zero-order chi connectivity index (χ0) is 18.7. The van der Waals surface area contributed by atoms with Crippen LogP contribution < -0.4 is 10.6 Å². The van der Waals surface area contributed by atoms with Gasteiger partial charge in [0.2, 0.25) is 0 Å². The number of thiazole rings is 1. The molecule has 2 aromatic carbocycles. The number of ether oxygens (including phenoxy) is 1. The van der Waals surface area contributed by atoms with Crippen molar-refractivity contribution < 1.29 is 14.3 Å². The molecule has 3 aromatic rings. The summed E-state index contributed by atoms with van der Waals surface area (Å²) >= 11 is 6.52. The summed E-state index contributed by atoms with van der Waals surface area (Å²) in [5, 5.41) is 6.23. The number of aryl methyl sites for hydroxylation is 1. The molecule has 0 fully saturated rings. The predicted octanol–water partition coefficient (Wildman–Crippen LogP) is 3.52. The number of carbonyl (C=O) groups excluding carboxylic acids is 2. The molecule has 0 radical (unpaired) electrons. The molecular weight excluding hydrogens is 370 g/mol. The van der Waals surface area contributed by atoms with Gasteiger partial charge in [-0.25, -0.2) is 9.78 Å². The molecule has 8 heteroatoms. The van der Waals surface area contributed by atoms with E-state index in [0.29, 0.717) is 16.3 Å². The lowest BCUT2D eigenvalue weighted by atomic mass is 10.1. The molecule has 0 spiro atoms. The highest BCUT2D eigenvalue weighted by Gasteiger charge is 2.13. The molecule has 1 heterocycles. The van der Waals surface area contributed by atoms with Crippen molar-refractivity contribution in [2.75, 3.05) is 12.4 Å². The third-order valence-corrected chi connectivity index (χ3v) is 4.78. The standard InChI is InChI=1S/C18H15N3O3S2/c1-10-5-3-4-6-12(10)15(22)20-17(25)21-18-19-13-8-7-11(16(23)24-2)9-14(13)26-18/h3-9H,1-2H3,(H2,19,20,21,22,25). The van der Waals surface area contributed by atoms with E-state index >= 15 is 0 Å². The first kappa shape index (κ1) is 18.0. The molecule has 6 nitrogen and oxygen atoms in total. The minimum Gasteiger partial charge on any atom is -0.465 e. The number of hydrogen-bond donors (Lipinski definition) is 2. The minimum atomic E-state index is -0.407. The number of benzene rings is 2. The van der Waals surface area contributed by atoms with Crippen molar-refractivity contribution in [1.29, 1.82) is 0 Å². The van der Waals surface area contributed by atoms with Gasteiger partial charge in [-0.05, 0) is 49.0 Å². The molecule has 2 N–H and O–H groups in total. The fraction of sp³-hybridized carbons (Fsp3) is 0.111. The van der Waals surface area contributed by atoms with E-state index in [-0.39, 0.29) is 11.0 Å². The molecule has 0 bridgehead atoms. The van der Waals surface area contributed by atoms with Crippen molar-refractivity contribution in [1.82, 2.24) is 10.3 Å². The highest BCUT2D eigenvalue weighted by atomic mass is 32.1. The number of esters is 1. The summed E-state index contributed by atoms with van der Waals surface area (Å²) in [6.07, 6.45) is 0. The molecule has 0 atom stereocenters. The number of nitrogens with zero attached hydrogens (tertiary/aromatic N) is 1. The molecule has 3 rings (SSSR count). The zero-order valence-corrected chi connectivity index (χ0v) is 15.7. The lowest BCUT2D eigenvalue weighted by molar-refractivity contribution is 0.0600. The van der Waals surface area contributed by atoms with Gasteiger partial charge in [0, 0.05) is 5.56 Å². The number of amides is 1. The van der Waals surface area contributed by atoms with Crippen LogP contribution in [0.15, 0.2) is 42.5 Å². The van der Waals surface area contributed by atoms with Crippen LogP contribution in [0, 0.1) is 6.92 Å². The van der Waals surface area contributed by atoms with Crippen LogP contribution in [0.1, 0.15) is 26.3 Å². The van der Waals surface area contributed by atoms with Crippen molar-refractivity contribution in [2.45, 2.75) is 6.92 Å². The van der Waals surface area contributed by atoms with Gasteiger partial charge in [0.05, 0.1) is 22.9 Å². The van der Waals surface area contributed by atoms with E-state index in [9.17, 15) is 9.59 Å². The molecule has 0 saturated heterocycles. The number of nitrogens with one attached hydrogen (secondary N) is 2. The van der Waals surface area contributed by atoms with E-state index < -0.39 is 5.97 Å². The Morgan fingerprint density at radius 1 is 1.19 bits per heavy atom. The van der Waals surface area contributed by atoms with Gasteiger partial charge in [-0.1, -0.05) is 29.5 Å². The number of aromatic nitrogens is 1. The second-order valence-corrected chi connectivity index (χ2v) is 6.86. The van der Waals surface area contributed by atoms with Gasteiger partial charge < -0.3 is 10.1 Å². The van der Waals surface area contributed by atoms with E-state index in [1.165, 1.54) is 18.4 Å². The molecule has 0 aliphatic carbocycles. The van der Waals surface area contributed by atoms with Crippen molar-refractivity contribution >= 4 is 55.9 Å². The van der Waals surface area contributed by atoms with Gasteiger partial charge in [-0.3, -0.25) is 10.1 Å². The summed E-state index contributed by atoms with van der Waals surface area (Å²) in [5.74, 6) is -0.689. The normalized spacial score (nSPS) is 10.4. The monoisotopic (exact) mass is 385 g/mol. The Morgan fingerprint density at radius 3 is 2.69 bits per heavy atom. The Kier molecular flexibility index (Phi) is 5.24. The van der Waals surface area contributed by atoms with Crippen molar-refractivity contribution in [3.63, 3.8) is 0 Å². The highest BCUT2D eigenvalue weighted by molar-refractivity contribution is 7.80. The largest absolute Gasteiger partial charge is 0.465 e. The van der Waals surface area contributed by atoms with Crippen molar-refractivity contribution in [2.24, 2.45) is 0 Å². The summed E-state index contributed by atoms with van der Waals surface area (Å²) in [6.45, 7) is 1.86. The number of thiocarbonyl (C=S) groups is 1. The lowest BCUT2D eigenvalue weighted by Gasteiger charge is -2.08. The van der Waals surface area contributed by atoms with E-state index in [4.69, 9.17) is 17.0 Å². The number of methoxy groups -OCH3 is 1. The van der Waals surface area contributed by atoms with Crippen LogP contribution in [0.4, 0.5) is 5.13 Å². The van der Waals surface area contributed by atoms with E-state index in [1.807, 2.05) is 19.1 Å². The van der Waals surface area contributed by atoms with Crippen molar-refractivity contribution in [3.05, 3.63) is 59.2 Å². The quantitative estimate of drug-likeness (QED) is 0.530. The fourth-order valence-corrected chi connectivity index (χ4v) is 3.51. The predicted molar refractivity (Wildman–Crippen MR) is 106 cm³/mol. The SMILES string of the molecule is COC(=O)c1ccc2nc(NC(=S)NC(=O)c3ccccc3C)sc2c1. The molecule has 1 amide bonds. The number of fused-ring (bicyclic) bond motifs is 1. The van der Waals surface area contributed by atoms with E-state index in [2.05, 4.69) is 15.6 Å². The maximum Gasteiger partial charge on any atom is 0.337 e. The van der Waals surface area contributed by atoms with Gasteiger partial charge in [-0.2, -0.15) is 0 Å². The van der Waals surface area contributed by atoms with Crippen LogP contribution in [0.2, 0.25) is 0 Å². The smallest absolute Gasteiger partial charge is 0.337 e. The van der Waals surface area contributed by atoms with Crippen LogP contribution in [-0.4, -0.2) is 29.1 Å².